The Morgan fingerprint density at radius 3 is 1.32 bits per heavy atom. The van der Waals surface area contributed by atoms with Crippen LogP contribution >= 0.6 is 15.6 Å². The number of rotatable bonds is 12. The smallest absolute Gasteiger partial charge is 0.303 e. The number of unbranched alkanes of at least 4 members (excludes halogenated alkanes) is 9. The summed E-state index contributed by atoms with van der Waals surface area (Å²) >= 11 is 0. The molecule has 136 valence electrons. The predicted molar refractivity (Wildman–Crippen MR) is 84.1 cm³/mol. The van der Waals surface area contributed by atoms with E-state index in [0.29, 0.717) is 0 Å². The van der Waals surface area contributed by atoms with E-state index in [9.17, 15) is 4.57 Å². The van der Waals surface area contributed by atoms with E-state index in [-0.39, 0.29) is 6.61 Å². The van der Waals surface area contributed by atoms with Crippen LogP contribution in [-0.4, -0.2) is 31.1 Å². The Kier molecular flexibility index (Phi) is 16.5. The molecule has 0 aromatic rings. The van der Waals surface area contributed by atoms with Crippen LogP contribution in [-0.2, 0) is 13.7 Å². The van der Waals surface area contributed by atoms with Crippen molar-refractivity contribution in [2.45, 2.75) is 71.1 Å². The van der Waals surface area contributed by atoms with Crippen LogP contribution in [0.3, 0.4) is 0 Å². The second-order valence-electron chi connectivity index (χ2n) is 5.02. The molecular formula is C12H30O8P2. The van der Waals surface area contributed by atoms with Crippen LogP contribution in [0.5, 0.6) is 0 Å². The van der Waals surface area contributed by atoms with Crippen LogP contribution in [0.4, 0.5) is 0 Å². The number of phosphoric ester groups is 1. The van der Waals surface area contributed by atoms with Crippen molar-refractivity contribution in [2.75, 3.05) is 6.61 Å². The summed E-state index contributed by atoms with van der Waals surface area (Å²) in [6.07, 6.45) is 12.0. The van der Waals surface area contributed by atoms with Crippen LogP contribution in [0.2, 0.25) is 0 Å². The lowest BCUT2D eigenvalue weighted by atomic mass is 10.1. The van der Waals surface area contributed by atoms with Crippen LogP contribution in [0.25, 0.3) is 0 Å². The van der Waals surface area contributed by atoms with Gasteiger partial charge in [0.1, 0.15) is 0 Å². The third kappa shape index (κ3) is 36.9. The Labute approximate surface area is 132 Å². The van der Waals surface area contributed by atoms with Gasteiger partial charge in [0.25, 0.3) is 0 Å². The van der Waals surface area contributed by atoms with Gasteiger partial charge in [0, 0.05) is 0 Å². The number of phosphoric acid groups is 2. The Morgan fingerprint density at radius 1 is 0.682 bits per heavy atom. The highest BCUT2D eigenvalue weighted by Crippen LogP contribution is 2.35. The quantitative estimate of drug-likeness (QED) is 0.262. The topological polar surface area (TPSA) is 145 Å². The molecule has 0 bridgehead atoms. The molecular weight excluding hydrogens is 334 g/mol. The zero-order valence-corrected chi connectivity index (χ0v) is 14.9. The molecule has 0 radical (unpaired) electrons. The van der Waals surface area contributed by atoms with Gasteiger partial charge in [-0.3, -0.25) is 4.52 Å². The third-order valence-corrected chi connectivity index (χ3v) is 3.28. The van der Waals surface area contributed by atoms with Gasteiger partial charge in [-0.05, 0) is 6.42 Å². The minimum absolute atomic E-state index is 0.167. The van der Waals surface area contributed by atoms with Crippen molar-refractivity contribution in [2.24, 2.45) is 0 Å². The Bertz CT molecular complexity index is 317. The molecule has 0 amide bonds. The molecule has 0 saturated carbocycles. The van der Waals surface area contributed by atoms with Crippen molar-refractivity contribution in [1.82, 2.24) is 0 Å². The van der Waals surface area contributed by atoms with E-state index in [4.69, 9.17) is 29.0 Å². The van der Waals surface area contributed by atoms with Crippen LogP contribution < -0.4 is 0 Å². The minimum Gasteiger partial charge on any atom is -0.303 e. The first-order valence-electron chi connectivity index (χ1n) is 7.54. The second kappa shape index (κ2) is 14.8. The first-order valence-corrected chi connectivity index (χ1v) is 10.6. The summed E-state index contributed by atoms with van der Waals surface area (Å²) in [5.74, 6) is 0. The fourth-order valence-corrected chi connectivity index (χ4v) is 2.14. The van der Waals surface area contributed by atoms with Crippen LogP contribution in [0, 0.1) is 0 Å². The molecule has 0 aliphatic carbocycles. The van der Waals surface area contributed by atoms with Crippen molar-refractivity contribution >= 4 is 15.6 Å². The minimum atomic E-state index is -4.64. The normalized spacial score (nSPS) is 11.9. The number of hydrogen-bond acceptors (Lipinski definition) is 3. The molecule has 0 aromatic heterocycles. The maximum Gasteiger partial charge on any atom is 0.469 e. The molecule has 0 unspecified atom stereocenters. The zero-order valence-electron chi connectivity index (χ0n) is 13.1. The highest BCUT2D eigenvalue weighted by atomic mass is 31.2. The summed E-state index contributed by atoms with van der Waals surface area (Å²) in [4.78, 5) is 38.5. The lowest BCUT2D eigenvalue weighted by Crippen LogP contribution is -1.92. The summed E-state index contributed by atoms with van der Waals surface area (Å²) in [5, 5.41) is 0. The summed E-state index contributed by atoms with van der Waals surface area (Å²) in [6.45, 7) is 2.39. The van der Waals surface area contributed by atoms with E-state index >= 15 is 0 Å². The lowest BCUT2D eigenvalue weighted by Gasteiger charge is -2.05. The highest BCUT2D eigenvalue weighted by Gasteiger charge is 2.12. The first-order chi connectivity index (χ1) is 10.1. The molecule has 0 rings (SSSR count). The van der Waals surface area contributed by atoms with Crippen molar-refractivity contribution in [3.63, 3.8) is 0 Å². The molecule has 22 heavy (non-hydrogen) atoms. The first kappa shape index (κ1) is 24.5. The van der Waals surface area contributed by atoms with Crippen molar-refractivity contribution in [3.05, 3.63) is 0 Å². The Morgan fingerprint density at radius 2 is 1.00 bits per heavy atom. The molecule has 0 aliphatic rings. The molecule has 5 N–H and O–H groups in total. The van der Waals surface area contributed by atoms with Gasteiger partial charge < -0.3 is 24.5 Å². The van der Waals surface area contributed by atoms with Crippen molar-refractivity contribution < 1.29 is 38.1 Å². The molecule has 0 heterocycles. The van der Waals surface area contributed by atoms with Gasteiger partial charge in [0.05, 0.1) is 6.61 Å². The van der Waals surface area contributed by atoms with Gasteiger partial charge in [0.15, 0.2) is 0 Å². The van der Waals surface area contributed by atoms with Crippen LogP contribution in [0.15, 0.2) is 0 Å². The van der Waals surface area contributed by atoms with Gasteiger partial charge in [-0.2, -0.15) is 0 Å². The average Bonchev–Trinajstić information content (AvgIpc) is 2.32. The Balaban J connectivity index is 0. The predicted octanol–water partition coefficient (Wildman–Crippen LogP) is 3.09. The summed E-state index contributed by atoms with van der Waals surface area (Å²) < 4.78 is 23.6. The molecule has 0 fully saturated rings. The van der Waals surface area contributed by atoms with Crippen molar-refractivity contribution in [3.8, 4) is 0 Å². The van der Waals surface area contributed by atoms with Gasteiger partial charge >= 0.3 is 15.6 Å². The van der Waals surface area contributed by atoms with E-state index in [1.54, 1.807) is 0 Å². The average molecular weight is 364 g/mol. The maximum atomic E-state index is 10.4. The maximum absolute atomic E-state index is 10.4. The molecule has 0 saturated heterocycles. The SMILES string of the molecule is CCCCCCCCCCCCOP(=O)(O)O.O=P(O)(O)O. The zero-order chi connectivity index (χ0) is 17.5. The lowest BCUT2D eigenvalue weighted by molar-refractivity contribution is 0.193. The largest absolute Gasteiger partial charge is 0.469 e. The third-order valence-electron chi connectivity index (χ3n) is 2.76. The summed E-state index contributed by atoms with van der Waals surface area (Å²) in [5.41, 5.74) is 0. The van der Waals surface area contributed by atoms with E-state index in [0.717, 1.165) is 19.3 Å². The summed E-state index contributed by atoms with van der Waals surface area (Å²) in [7, 11) is -8.88. The number of hydrogen-bond donors (Lipinski definition) is 5. The fourth-order valence-electron chi connectivity index (χ4n) is 1.77. The van der Waals surface area contributed by atoms with E-state index in [1.165, 1.54) is 44.9 Å². The molecule has 0 atom stereocenters. The van der Waals surface area contributed by atoms with E-state index < -0.39 is 15.6 Å². The van der Waals surface area contributed by atoms with E-state index in [1.807, 2.05) is 0 Å². The van der Waals surface area contributed by atoms with Gasteiger partial charge in [0.2, 0.25) is 0 Å². The standard InChI is InChI=1S/C12H27O4P.H3O4P/c1-2-3-4-5-6-7-8-9-10-11-12-16-17(13,14)15;1-5(2,3)4/h2-12H2,1H3,(H2,13,14,15);(H3,1,2,3,4). The van der Waals surface area contributed by atoms with Crippen molar-refractivity contribution in [1.29, 1.82) is 0 Å². The molecule has 8 nitrogen and oxygen atoms in total. The van der Waals surface area contributed by atoms with Gasteiger partial charge in [-0.1, -0.05) is 64.7 Å². The second-order valence-corrected chi connectivity index (χ2v) is 7.28. The molecule has 0 aliphatic heterocycles. The molecule has 0 aromatic carbocycles. The highest BCUT2D eigenvalue weighted by molar-refractivity contribution is 7.46. The fraction of sp³-hybridized carbons (Fsp3) is 1.00. The van der Waals surface area contributed by atoms with Crippen LogP contribution in [0.1, 0.15) is 71.1 Å². The van der Waals surface area contributed by atoms with E-state index in [2.05, 4.69) is 11.4 Å². The Hall–Kier alpha value is 0.220. The molecule has 10 heteroatoms. The molecule has 0 spiro atoms. The van der Waals surface area contributed by atoms with Gasteiger partial charge in [-0.15, -0.1) is 0 Å². The monoisotopic (exact) mass is 364 g/mol. The van der Waals surface area contributed by atoms with Gasteiger partial charge in [-0.25, -0.2) is 9.13 Å². The summed E-state index contributed by atoms with van der Waals surface area (Å²) in [6, 6.07) is 0.